The number of piperazine rings is 1. The number of ether oxygens (including phenoxy) is 2. The first-order chi connectivity index (χ1) is 17.6. The predicted molar refractivity (Wildman–Crippen MR) is 140 cm³/mol. The van der Waals surface area contributed by atoms with Gasteiger partial charge in [-0.05, 0) is 81.7 Å². The van der Waals surface area contributed by atoms with Crippen molar-refractivity contribution in [2.24, 2.45) is 0 Å². The van der Waals surface area contributed by atoms with Gasteiger partial charge in [0.05, 0.1) is 36.6 Å². The van der Waals surface area contributed by atoms with Gasteiger partial charge in [0.15, 0.2) is 5.78 Å². The maximum absolute atomic E-state index is 14.0. The van der Waals surface area contributed by atoms with Gasteiger partial charge in [-0.2, -0.15) is 5.26 Å². The van der Waals surface area contributed by atoms with Crippen molar-refractivity contribution in [3.05, 3.63) is 68.2 Å². The van der Waals surface area contributed by atoms with Crippen molar-refractivity contribution in [2.75, 3.05) is 57.5 Å². The summed E-state index contributed by atoms with van der Waals surface area (Å²) in [6, 6.07) is 13.0. The Morgan fingerprint density at radius 1 is 1.00 bits per heavy atom. The van der Waals surface area contributed by atoms with E-state index in [4.69, 9.17) is 9.47 Å². The highest BCUT2D eigenvalue weighted by atomic mass is 79.9. The lowest BCUT2D eigenvalue weighted by Gasteiger charge is -2.45. The molecule has 0 aromatic heterocycles. The van der Waals surface area contributed by atoms with E-state index in [0.717, 1.165) is 91.0 Å². The molecule has 7 heteroatoms. The molecule has 0 saturated carbocycles. The third-order valence-electron chi connectivity index (χ3n) is 8.96. The van der Waals surface area contributed by atoms with E-state index in [-0.39, 0.29) is 11.2 Å². The molecule has 0 N–H and O–H groups in total. The van der Waals surface area contributed by atoms with E-state index in [9.17, 15) is 10.1 Å². The second-order valence-electron chi connectivity index (χ2n) is 10.6. The largest absolute Gasteiger partial charge is 0.381 e. The van der Waals surface area contributed by atoms with Gasteiger partial charge >= 0.3 is 0 Å². The van der Waals surface area contributed by atoms with Gasteiger partial charge in [-0.25, -0.2) is 0 Å². The second kappa shape index (κ2) is 8.53. The Balaban J connectivity index is 1.30. The van der Waals surface area contributed by atoms with Crippen LogP contribution >= 0.6 is 15.9 Å². The molecule has 2 aliphatic carbocycles. The number of Topliss-reactive ketones (excluding diaryl/α,β-unsaturated/α-hetero) is 1. The van der Waals surface area contributed by atoms with Gasteiger partial charge in [-0.3, -0.25) is 9.69 Å². The Morgan fingerprint density at radius 3 is 2.47 bits per heavy atom. The van der Waals surface area contributed by atoms with Gasteiger partial charge in [-0.15, -0.1) is 0 Å². The first-order valence-corrected chi connectivity index (χ1v) is 13.7. The summed E-state index contributed by atoms with van der Waals surface area (Å²) < 4.78 is 12.2. The topological polar surface area (TPSA) is 65.8 Å². The minimum Gasteiger partial charge on any atom is -0.381 e. The average molecular weight is 546 g/mol. The molecule has 36 heavy (non-hydrogen) atoms. The summed E-state index contributed by atoms with van der Waals surface area (Å²) in [6.45, 7) is 7.08. The summed E-state index contributed by atoms with van der Waals surface area (Å²) >= 11 is 3.84. The molecular formula is C29H28BrN3O3. The molecular weight excluding hydrogens is 518 g/mol. The third-order valence-corrected chi connectivity index (χ3v) is 9.60. The molecule has 2 aromatic rings. The van der Waals surface area contributed by atoms with Crippen LogP contribution in [0.3, 0.4) is 0 Å². The lowest BCUT2D eigenvalue weighted by atomic mass is 9.62. The predicted octanol–water partition coefficient (Wildman–Crippen LogP) is 4.10. The molecule has 0 unspecified atom stereocenters. The van der Waals surface area contributed by atoms with Crippen LogP contribution in [0.5, 0.6) is 0 Å². The number of ketones is 1. The number of hydrogen-bond acceptors (Lipinski definition) is 6. The van der Waals surface area contributed by atoms with Crippen molar-refractivity contribution in [3.63, 3.8) is 0 Å². The first-order valence-electron chi connectivity index (χ1n) is 12.9. The van der Waals surface area contributed by atoms with Gasteiger partial charge in [0.1, 0.15) is 0 Å². The molecule has 6 nitrogen and oxygen atoms in total. The highest BCUT2D eigenvalue weighted by molar-refractivity contribution is 9.10. The molecule has 0 atom stereocenters. The van der Waals surface area contributed by atoms with E-state index in [1.54, 1.807) is 0 Å². The SMILES string of the molecule is N#Cc1ccc2c(c1)CC1=C2C(=O)c2cc(Br)c(N3CCN(C4COC4)CC3)cc2C12CCOCC2. The molecule has 2 aromatic carbocycles. The Bertz CT molecular complexity index is 1340. The molecule has 7 rings (SSSR count). The van der Waals surface area contributed by atoms with Gasteiger partial charge in [-0.1, -0.05) is 6.07 Å². The molecule has 3 aliphatic heterocycles. The summed E-state index contributed by atoms with van der Waals surface area (Å²) in [4.78, 5) is 19.0. The molecule has 3 fully saturated rings. The second-order valence-corrected chi connectivity index (χ2v) is 11.5. The van der Waals surface area contributed by atoms with Crippen LogP contribution in [0.4, 0.5) is 5.69 Å². The average Bonchev–Trinajstić information content (AvgIpc) is 3.27. The van der Waals surface area contributed by atoms with E-state index in [2.05, 4.69) is 43.9 Å². The number of anilines is 1. The molecule has 0 bridgehead atoms. The Labute approximate surface area is 219 Å². The Hall–Kier alpha value is -2.50. The van der Waals surface area contributed by atoms with Crippen LogP contribution in [0.1, 0.15) is 45.5 Å². The zero-order valence-corrected chi connectivity index (χ0v) is 21.8. The number of halogens is 1. The fraction of sp³-hybridized carbons (Fsp3) is 0.448. The van der Waals surface area contributed by atoms with Crippen LogP contribution < -0.4 is 4.90 Å². The minimum atomic E-state index is -0.205. The van der Waals surface area contributed by atoms with Crippen molar-refractivity contribution in [1.29, 1.82) is 5.26 Å². The van der Waals surface area contributed by atoms with E-state index in [0.29, 0.717) is 24.8 Å². The molecule has 3 saturated heterocycles. The van der Waals surface area contributed by atoms with Crippen LogP contribution in [0.15, 0.2) is 40.4 Å². The third kappa shape index (κ3) is 3.28. The van der Waals surface area contributed by atoms with Crippen molar-refractivity contribution >= 4 is 33.0 Å². The number of carbonyl (C=O) groups is 1. The Morgan fingerprint density at radius 2 is 1.78 bits per heavy atom. The van der Waals surface area contributed by atoms with E-state index in [1.807, 2.05) is 18.2 Å². The molecule has 0 amide bonds. The molecule has 5 aliphatic rings. The number of allylic oxidation sites excluding steroid dienone is 2. The van der Waals surface area contributed by atoms with Crippen LogP contribution in [-0.4, -0.2) is 69.3 Å². The zero-order valence-electron chi connectivity index (χ0n) is 20.2. The monoisotopic (exact) mass is 545 g/mol. The lowest BCUT2D eigenvalue weighted by Crippen LogP contribution is -2.56. The van der Waals surface area contributed by atoms with Gasteiger partial charge < -0.3 is 14.4 Å². The van der Waals surface area contributed by atoms with E-state index >= 15 is 0 Å². The van der Waals surface area contributed by atoms with Gasteiger partial charge in [0.2, 0.25) is 0 Å². The van der Waals surface area contributed by atoms with Crippen LogP contribution in [0.2, 0.25) is 0 Å². The number of nitrogens with zero attached hydrogens (tertiary/aromatic N) is 3. The zero-order chi connectivity index (χ0) is 24.4. The van der Waals surface area contributed by atoms with E-state index < -0.39 is 0 Å². The fourth-order valence-electron chi connectivity index (χ4n) is 6.90. The summed E-state index contributed by atoms with van der Waals surface area (Å²) in [5.41, 5.74) is 7.80. The molecule has 1 spiro atoms. The quantitative estimate of drug-likeness (QED) is 0.566. The summed E-state index contributed by atoms with van der Waals surface area (Å²) in [5.74, 6) is 0.114. The molecule has 3 heterocycles. The Kier molecular flexibility index (Phi) is 5.37. The lowest BCUT2D eigenvalue weighted by molar-refractivity contribution is -0.0660. The standard InChI is InChI=1S/C29H28BrN3O3/c30-25-13-22-23(14-26(25)33-7-5-32(6-8-33)20-16-36-17-20)29(3-9-35-10-4-29)24-12-19-11-18(15-31)1-2-21(19)27(24)28(22)34/h1-2,11,13-14,20H,3-10,12,16-17H2. The number of fused-ring (bicyclic) bond motifs is 5. The number of hydrogen-bond donors (Lipinski definition) is 0. The van der Waals surface area contributed by atoms with Crippen LogP contribution in [0.25, 0.3) is 5.57 Å². The normalized spacial score (nSPS) is 23.2. The minimum absolute atomic E-state index is 0.114. The highest BCUT2D eigenvalue weighted by Crippen LogP contribution is 2.55. The number of rotatable bonds is 2. The van der Waals surface area contributed by atoms with Crippen molar-refractivity contribution in [1.82, 2.24) is 4.90 Å². The van der Waals surface area contributed by atoms with Crippen LogP contribution in [0, 0.1) is 11.3 Å². The maximum Gasteiger partial charge on any atom is 0.193 e. The smallest absolute Gasteiger partial charge is 0.193 e. The van der Waals surface area contributed by atoms with Gasteiger partial charge in [0.25, 0.3) is 0 Å². The summed E-state index contributed by atoms with van der Waals surface area (Å²) in [6.07, 6.45) is 2.49. The maximum atomic E-state index is 14.0. The van der Waals surface area contributed by atoms with Crippen molar-refractivity contribution in [3.8, 4) is 6.07 Å². The summed E-state index contributed by atoms with van der Waals surface area (Å²) in [7, 11) is 0. The first kappa shape index (κ1) is 22.7. The molecule has 0 radical (unpaired) electrons. The number of benzene rings is 2. The fourth-order valence-corrected chi connectivity index (χ4v) is 7.49. The summed E-state index contributed by atoms with van der Waals surface area (Å²) in [5, 5.41) is 9.45. The van der Waals surface area contributed by atoms with Crippen molar-refractivity contribution in [2.45, 2.75) is 30.7 Å². The van der Waals surface area contributed by atoms with E-state index in [1.165, 1.54) is 11.3 Å². The van der Waals surface area contributed by atoms with Crippen molar-refractivity contribution < 1.29 is 14.3 Å². The van der Waals surface area contributed by atoms with Gasteiger partial charge in [0, 0.05) is 60.4 Å². The number of carbonyl (C=O) groups excluding carboxylic acids is 1. The number of nitriles is 1. The molecule has 184 valence electrons. The highest BCUT2D eigenvalue weighted by Gasteiger charge is 2.49. The van der Waals surface area contributed by atoms with Crippen LogP contribution in [-0.2, 0) is 21.3 Å².